The molecule has 17 heavy (non-hydrogen) atoms. The third-order valence-corrected chi connectivity index (χ3v) is 4.15. The average Bonchev–Trinajstić information content (AvgIpc) is 2.55. The third kappa shape index (κ3) is 8.33. The van der Waals surface area contributed by atoms with Gasteiger partial charge in [0.15, 0.2) is 0 Å². The second-order valence-corrected chi connectivity index (χ2v) is 4.30. The molecule has 106 valence electrons. The van der Waals surface area contributed by atoms with Crippen molar-refractivity contribution >= 4 is 0 Å². The minimum Gasteiger partial charge on any atom is -0.400 e. The molecular weight excluding hydrogens is 252 g/mol. The van der Waals surface area contributed by atoms with Gasteiger partial charge >= 0.3 is 0 Å². The van der Waals surface area contributed by atoms with Crippen molar-refractivity contribution < 1.29 is 37.0 Å². The third-order valence-electron chi connectivity index (χ3n) is 4.15. The Hall–Kier alpha value is 0.594. The Morgan fingerprint density at radius 1 is 0.412 bits per heavy atom. The SMILES string of the molecule is CC1C(C)C(C)C(C)C1C.CO.CO.CO.[Ti]. The number of hydrogen-bond acceptors (Lipinski definition) is 3. The van der Waals surface area contributed by atoms with Crippen LogP contribution in [-0.2, 0) is 21.7 Å². The second-order valence-electron chi connectivity index (χ2n) is 4.30. The molecule has 0 radical (unpaired) electrons. The zero-order valence-corrected chi connectivity index (χ0v) is 14.3. The molecule has 0 amide bonds. The van der Waals surface area contributed by atoms with Crippen molar-refractivity contribution in [1.29, 1.82) is 0 Å². The summed E-state index contributed by atoms with van der Waals surface area (Å²) in [5.41, 5.74) is 0. The predicted octanol–water partition coefficient (Wildman–Crippen LogP) is 2.00. The van der Waals surface area contributed by atoms with Crippen molar-refractivity contribution in [2.75, 3.05) is 21.3 Å². The van der Waals surface area contributed by atoms with E-state index >= 15 is 0 Å². The molecule has 3 nitrogen and oxygen atoms in total. The number of aliphatic hydroxyl groups excluding tert-OH is 3. The number of hydrogen-bond donors (Lipinski definition) is 3. The summed E-state index contributed by atoms with van der Waals surface area (Å²) >= 11 is 0. The van der Waals surface area contributed by atoms with Gasteiger partial charge in [0.05, 0.1) is 0 Å². The molecule has 0 unspecified atom stereocenters. The Morgan fingerprint density at radius 3 is 0.529 bits per heavy atom. The van der Waals surface area contributed by atoms with E-state index < -0.39 is 0 Å². The van der Waals surface area contributed by atoms with E-state index in [-0.39, 0.29) is 21.7 Å². The fourth-order valence-electron chi connectivity index (χ4n) is 2.39. The van der Waals surface area contributed by atoms with E-state index in [1.54, 1.807) is 0 Å². The Kier molecular flexibility index (Phi) is 25.6. The first-order valence-corrected chi connectivity index (χ1v) is 5.90. The van der Waals surface area contributed by atoms with Gasteiger partial charge in [-0.15, -0.1) is 0 Å². The van der Waals surface area contributed by atoms with Crippen LogP contribution in [0.2, 0.25) is 0 Å². The van der Waals surface area contributed by atoms with Crippen LogP contribution >= 0.6 is 0 Å². The van der Waals surface area contributed by atoms with Crippen LogP contribution in [0.25, 0.3) is 0 Å². The van der Waals surface area contributed by atoms with Crippen LogP contribution < -0.4 is 0 Å². The Morgan fingerprint density at radius 2 is 0.471 bits per heavy atom. The molecule has 1 fully saturated rings. The predicted molar refractivity (Wildman–Crippen MR) is 70.2 cm³/mol. The van der Waals surface area contributed by atoms with E-state index in [1.165, 1.54) is 0 Å². The number of aliphatic hydroxyl groups is 3. The molecule has 0 aliphatic heterocycles. The molecule has 3 N–H and O–H groups in total. The fourth-order valence-corrected chi connectivity index (χ4v) is 2.39. The summed E-state index contributed by atoms with van der Waals surface area (Å²) in [6.45, 7) is 12.0. The van der Waals surface area contributed by atoms with E-state index in [0.717, 1.165) is 50.9 Å². The maximum atomic E-state index is 7.00. The monoisotopic (exact) mass is 284 g/mol. The fraction of sp³-hybridized carbons (Fsp3) is 1.00. The summed E-state index contributed by atoms with van der Waals surface area (Å²) in [5, 5.41) is 21.0. The van der Waals surface area contributed by atoms with Crippen molar-refractivity contribution in [2.24, 2.45) is 29.6 Å². The average molecular weight is 284 g/mol. The molecule has 1 saturated carbocycles. The molecule has 0 aromatic heterocycles. The summed E-state index contributed by atoms with van der Waals surface area (Å²) in [7, 11) is 3.00. The van der Waals surface area contributed by atoms with Gasteiger partial charge in [0.25, 0.3) is 0 Å². The standard InChI is InChI=1S/C10H20.3CH4O.Ti/c1-6-7(2)9(4)10(5)8(6)3;3*1-2;/h6-10H,1-5H3;3*2H,1H3;. The van der Waals surface area contributed by atoms with Crippen LogP contribution in [0, 0.1) is 29.6 Å². The van der Waals surface area contributed by atoms with Gasteiger partial charge in [0, 0.05) is 43.0 Å². The van der Waals surface area contributed by atoms with Gasteiger partial charge in [-0.3, -0.25) is 0 Å². The van der Waals surface area contributed by atoms with Gasteiger partial charge in [-0.05, 0) is 29.6 Å². The quantitative estimate of drug-likeness (QED) is 0.596. The molecule has 0 aromatic carbocycles. The van der Waals surface area contributed by atoms with E-state index in [9.17, 15) is 0 Å². The van der Waals surface area contributed by atoms with Crippen molar-refractivity contribution in [3.63, 3.8) is 0 Å². The summed E-state index contributed by atoms with van der Waals surface area (Å²) in [6, 6.07) is 0. The normalized spacial score (nSPS) is 33.7. The van der Waals surface area contributed by atoms with Crippen molar-refractivity contribution in [3.05, 3.63) is 0 Å². The first-order chi connectivity index (χ1) is 7.55. The summed E-state index contributed by atoms with van der Waals surface area (Å²) in [6.07, 6.45) is 0. The Bertz CT molecular complexity index is 89.0. The molecule has 1 aliphatic rings. The molecule has 1 aliphatic carbocycles. The van der Waals surface area contributed by atoms with Crippen molar-refractivity contribution in [3.8, 4) is 0 Å². The van der Waals surface area contributed by atoms with Gasteiger partial charge < -0.3 is 15.3 Å². The Balaban J connectivity index is -0.000000106. The molecule has 0 spiro atoms. The van der Waals surface area contributed by atoms with Crippen LogP contribution in [0.15, 0.2) is 0 Å². The molecule has 0 bridgehead atoms. The van der Waals surface area contributed by atoms with Crippen LogP contribution in [0.5, 0.6) is 0 Å². The van der Waals surface area contributed by atoms with Crippen molar-refractivity contribution in [1.82, 2.24) is 0 Å². The van der Waals surface area contributed by atoms with E-state index in [0.29, 0.717) is 0 Å². The zero-order valence-electron chi connectivity index (χ0n) is 12.7. The smallest absolute Gasteiger partial charge is 0.0319 e. The Labute approximate surface area is 123 Å². The topological polar surface area (TPSA) is 60.7 Å². The minimum atomic E-state index is 0. The van der Waals surface area contributed by atoms with E-state index in [4.69, 9.17) is 15.3 Å². The summed E-state index contributed by atoms with van der Waals surface area (Å²) in [5.74, 6) is 4.68. The maximum absolute atomic E-state index is 7.00. The van der Waals surface area contributed by atoms with E-state index in [1.807, 2.05) is 0 Å². The van der Waals surface area contributed by atoms with Gasteiger partial charge in [-0.25, -0.2) is 0 Å². The summed E-state index contributed by atoms with van der Waals surface area (Å²) < 4.78 is 0. The molecule has 1 rings (SSSR count). The maximum Gasteiger partial charge on any atom is 0.0319 e. The minimum absolute atomic E-state index is 0. The molecule has 0 heterocycles. The van der Waals surface area contributed by atoms with E-state index in [2.05, 4.69) is 34.6 Å². The largest absolute Gasteiger partial charge is 0.400 e. The second kappa shape index (κ2) is 16.6. The molecule has 0 aromatic rings. The van der Waals surface area contributed by atoms with Crippen LogP contribution in [-0.4, -0.2) is 36.6 Å². The van der Waals surface area contributed by atoms with Gasteiger partial charge in [0.2, 0.25) is 0 Å². The number of rotatable bonds is 0. The summed E-state index contributed by atoms with van der Waals surface area (Å²) in [4.78, 5) is 0. The first kappa shape index (κ1) is 26.2. The van der Waals surface area contributed by atoms with Crippen molar-refractivity contribution in [2.45, 2.75) is 34.6 Å². The van der Waals surface area contributed by atoms with Crippen LogP contribution in [0.1, 0.15) is 34.6 Å². The van der Waals surface area contributed by atoms with Crippen LogP contribution in [0.4, 0.5) is 0 Å². The van der Waals surface area contributed by atoms with Gasteiger partial charge in [-0.1, -0.05) is 34.6 Å². The molecule has 0 saturated heterocycles. The van der Waals surface area contributed by atoms with Crippen LogP contribution in [0.3, 0.4) is 0 Å². The first-order valence-electron chi connectivity index (χ1n) is 5.90. The van der Waals surface area contributed by atoms with Gasteiger partial charge in [-0.2, -0.15) is 0 Å². The molecule has 0 atom stereocenters. The molecular formula is C13H32O3Ti. The zero-order chi connectivity index (χ0) is 13.9. The van der Waals surface area contributed by atoms with Gasteiger partial charge in [0.1, 0.15) is 0 Å². The molecule has 4 heteroatoms.